The van der Waals surface area contributed by atoms with Crippen molar-refractivity contribution in [2.24, 2.45) is 0 Å². The largest absolute Gasteiger partial charge is 0.378 e. The molecule has 6 heteroatoms. The number of aromatic nitrogens is 2. The number of anilines is 2. The molecule has 1 fully saturated rings. The van der Waals surface area contributed by atoms with Crippen molar-refractivity contribution in [1.82, 2.24) is 9.97 Å². The number of aryl methyl sites for hydroxylation is 1. The van der Waals surface area contributed by atoms with E-state index in [0.717, 1.165) is 35.7 Å². The number of hydrogen-bond donors (Lipinski definition) is 1. The average molecular weight is 340 g/mol. The highest BCUT2D eigenvalue weighted by Crippen LogP contribution is 2.27. The van der Waals surface area contributed by atoms with E-state index in [9.17, 15) is 4.79 Å². The van der Waals surface area contributed by atoms with Crippen LogP contribution in [0.15, 0.2) is 30.6 Å². The van der Waals surface area contributed by atoms with Gasteiger partial charge in [0, 0.05) is 18.8 Å². The standard InChI is InChI=1S/C19H24N4O2/c1-13(2)15-6-4-5-14(3)18(15)22-19(24)16-11-21-17(12-20-16)23-7-9-25-10-8-23/h4-6,11-13H,7-10H2,1-3H3,(H,22,24). The van der Waals surface area contributed by atoms with Crippen molar-refractivity contribution in [3.05, 3.63) is 47.4 Å². The Morgan fingerprint density at radius 3 is 2.60 bits per heavy atom. The molecule has 2 aromatic rings. The van der Waals surface area contributed by atoms with Crippen molar-refractivity contribution in [2.45, 2.75) is 26.7 Å². The summed E-state index contributed by atoms with van der Waals surface area (Å²) in [6, 6.07) is 6.05. The maximum Gasteiger partial charge on any atom is 0.275 e. The smallest absolute Gasteiger partial charge is 0.275 e. The highest BCUT2D eigenvalue weighted by Gasteiger charge is 2.16. The summed E-state index contributed by atoms with van der Waals surface area (Å²) in [6.45, 7) is 9.18. The van der Waals surface area contributed by atoms with Gasteiger partial charge < -0.3 is 15.0 Å². The molecule has 1 aliphatic heterocycles. The van der Waals surface area contributed by atoms with Crippen LogP contribution in [0.1, 0.15) is 41.4 Å². The molecule has 0 atom stereocenters. The Bertz CT molecular complexity index is 738. The highest BCUT2D eigenvalue weighted by atomic mass is 16.5. The minimum absolute atomic E-state index is 0.239. The molecule has 3 rings (SSSR count). The summed E-state index contributed by atoms with van der Waals surface area (Å²) >= 11 is 0. The molecular formula is C19H24N4O2. The van der Waals surface area contributed by atoms with Crippen LogP contribution in [0, 0.1) is 6.92 Å². The molecule has 6 nitrogen and oxygen atoms in total. The molecule has 0 radical (unpaired) electrons. The maximum atomic E-state index is 12.6. The van der Waals surface area contributed by atoms with Gasteiger partial charge in [-0.2, -0.15) is 0 Å². The molecule has 1 aromatic heterocycles. The normalized spacial score (nSPS) is 14.6. The van der Waals surface area contributed by atoms with Crippen LogP contribution in [0.3, 0.4) is 0 Å². The van der Waals surface area contributed by atoms with Gasteiger partial charge in [0.15, 0.2) is 0 Å². The summed E-state index contributed by atoms with van der Waals surface area (Å²) in [5.74, 6) is 0.862. The highest BCUT2D eigenvalue weighted by molar-refractivity contribution is 6.03. The van der Waals surface area contributed by atoms with Crippen molar-refractivity contribution in [3.63, 3.8) is 0 Å². The number of nitrogens with one attached hydrogen (secondary N) is 1. The van der Waals surface area contributed by atoms with E-state index >= 15 is 0 Å². The zero-order valence-electron chi connectivity index (χ0n) is 15.0. The molecule has 1 saturated heterocycles. The van der Waals surface area contributed by atoms with Crippen molar-refractivity contribution < 1.29 is 9.53 Å². The van der Waals surface area contributed by atoms with Gasteiger partial charge in [-0.15, -0.1) is 0 Å². The third-order valence-electron chi connectivity index (χ3n) is 4.37. The van der Waals surface area contributed by atoms with Gasteiger partial charge in [-0.3, -0.25) is 4.79 Å². The minimum Gasteiger partial charge on any atom is -0.378 e. The van der Waals surface area contributed by atoms with E-state index in [-0.39, 0.29) is 5.91 Å². The van der Waals surface area contributed by atoms with Crippen molar-refractivity contribution >= 4 is 17.4 Å². The second kappa shape index (κ2) is 7.61. The summed E-state index contributed by atoms with van der Waals surface area (Å²) in [5.41, 5.74) is 3.33. The maximum absolute atomic E-state index is 12.6. The number of rotatable bonds is 4. The van der Waals surface area contributed by atoms with Gasteiger partial charge in [-0.1, -0.05) is 32.0 Å². The Hall–Kier alpha value is -2.47. The predicted molar refractivity (Wildman–Crippen MR) is 98.3 cm³/mol. The first-order valence-electron chi connectivity index (χ1n) is 8.62. The fourth-order valence-corrected chi connectivity index (χ4v) is 2.91. The fourth-order valence-electron chi connectivity index (χ4n) is 2.91. The van der Waals surface area contributed by atoms with E-state index in [1.807, 2.05) is 25.1 Å². The lowest BCUT2D eigenvalue weighted by molar-refractivity contribution is 0.102. The summed E-state index contributed by atoms with van der Waals surface area (Å²) in [6.07, 6.45) is 3.19. The van der Waals surface area contributed by atoms with E-state index in [2.05, 4.69) is 34.0 Å². The predicted octanol–water partition coefficient (Wildman–Crippen LogP) is 3.00. The van der Waals surface area contributed by atoms with Gasteiger partial charge in [-0.05, 0) is 24.0 Å². The second-order valence-electron chi connectivity index (χ2n) is 6.51. The average Bonchev–Trinajstić information content (AvgIpc) is 2.64. The lowest BCUT2D eigenvalue weighted by Gasteiger charge is -2.27. The SMILES string of the molecule is Cc1cccc(C(C)C)c1NC(=O)c1cnc(N2CCOCC2)cn1. The van der Waals surface area contributed by atoms with Gasteiger partial charge in [0.25, 0.3) is 5.91 Å². The van der Waals surface area contributed by atoms with Crippen molar-refractivity contribution in [3.8, 4) is 0 Å². The van der Waals surface area contributed by atoms with Gasteiger partial charge >= 0.3 is 0 Å². The molecular weight excluding hydrogens is 316 g/mol. The van der Waals surface area contributed by atoms with Gasteiger partial charge in [0.1, 0.15) is 11.5 Å². The number of nitrogens with zero attached hydrogens (tertiary/aromatic N) is 3. The van der Waals surface area contributed by atoms with Crippen LogP contribution in [0.5, 0.6) is 0 Å². The molecule has 132 valence electrons. The van der Waals surface area contributed by atoms with Crippen molar-refractivity contribution in [1.29, 1.82) is 0 Å². The summed E-state index contributed by atoms with van der Waals surface area (Å²) in [4.78, 5) is 23.4. The molecule has 0 bridgehead atoms. The first-order chi connectivity index (χ1) is 12.1. The van der Waals surface area contributed by atoms with Crippen molar-refractivity contribution in [2.75, 3.05) is 36.5 Å². The molecule has 1 N–H and O–H groups in total. The third kappa shape index (κ3) is 3.96. The molecule has 25 heavy (non-hydrogen) atoms. The van der Waals surface area contributed by atoms with E-state index in [1.165, 1.54) is 6.20 Å². The lowest BCUT2D eigenvalue weighted by atomic mass is 9.98. The topological polar surface area (TPSA) is 67.4 Å². The van der Waals surface area contributed by atoms with E-state index in [0.29, 0.717) is 24.8 Å². The third-order valence-corrected chi connectivity index (χ3v) is 4.37. The number of para-hydroxylation sites is 1. The molecule has 0 spiro atoms. The van der Waals surface area contributed by atoms with Crippen LogP contribution in [-0.4, -0.2) is 42.2 Å². The molecule has 2 heterocycles. The van der Waals surface area contributed by atoms with Crippen LogP contribution in [0.4, 0.5) is 11.5 Å². The van der Waals surface area contributed by atoms with E-state index in [4.69, 9.17) is 4.74 Å². The number of carbonyl (C=O) groups excluding carboxylic acids is 1. The Balaban J connectivity index is 1.76. The summed E-state index contributed by atoms with van der Waals surface area (Å²) in [5, 5.41) is 3.00. The van der Waals surface area contributed by atoms with E-state index < -0.39 is 0 Å². The van der Waals surface area contributed by atoms with E-state index in [1.54, 1.807) is 6.20 Å². The summed E-state index contributed by atoms with van der Waals surface area (Å²) in [7, 11) is 0. The molecule has 0 aliphatic carbocycles. The second-order valence-corrected chi connectivity index (χ2v) is 6.51. The zero-order valence-corrected chi connectivity index (χ0v) is 15.0. The number of morpholine rings is 1. The van der Waals surface area contributed by atoms with Gasteiger partial charge in [0.05, 0.1) is 25.6 Å². The lowest BCUT2D eigenvalue weighted by Crippen LogP contribution is -2.36. The first kappa shape index (κ1) is 17.4. The molecule has 0 unspecified atom stereocenters. The van der Waals surface area contributed by atoms with Crippen LogP contribution in [0.2, 0.25) is 0 Å². The Labute approximate surface area is 148 Å². The first-order valence-corrected chi connectivity index (χ1v) is 8.62. The monoisotopic (exact) mass is 340 g/mol. The zero-order chi connectivity index (χ0) is 17.8. The number of amides is 1. The van der Waals surface area contributed by atoms with Crippen LogP contribution < -0.4 is 10.2 Å². The molecule has 0 saturated carbocycles. The summed E-state index contributed by atoms with van der Waals surface area (Å²) < 4.78 is 5.34. The minimum atomic E-state index is -0.239. The van der Waals surface area contributed by atoms with Crippen LogP contribution >= 0.6 is 0 Å². The quantitative estimate of drug-likeness (QED) is 0.927. The Kier molecular flexibility index (Phi) is 5.28. The number of hydrogen-bond acceptors (Lipinski definition) is 5. The number of ether oxygens (including phenoxy) is 1. The van der Waals surface area contributed by atoms with Crippen LogP contribution in [-0.2, 0) is 4.74 Å². The van der Waals surface area contributed by atoms with Crippen LogP contribution in [0.25, 0.3) is 0 Å². The molecule has 1 aliphatic rings. The molecule has 1 aromatic carbocycles. The number of carbonyl (C=O) groups is 1. The Morgan fingerprint density at radius 1 is 1.20 bits per heavy atom. The fraction of sp³-hybridized carbons (Fsp3) is 0.421. The Morgan fingerprint density at radius 2 is 1.96 bits per heavy atom. The molecule has 1 amide bonds. The van der Waals surface area contributed by atoms with Gasteiger partial charge in [0.2, 0.25) is 0 Å². The number of benzene rings is 1. The van der Waals surface area contributed by atoms with Gasteiger partial charge in [-0.25, -0.2) is 9.97 Å².